The highest BCUT2D eigenvalue weighted by atomic mass is 35.5. The van der Waals surface area contributed by atoms with Crippen LogP contribution in [0.15, 0.2) is 24.8 Å². The Kier molecular flexibility index (Phi) is 14.6. The highest BCUT2D eigenvalue weighted by molar-refractivity contribution is 6.42. The molecule has 0 saturated carbocycles. The third kappa shape index (κ3) is 8.60. The molecule has 4 heteroatoms. The Hall–Kier alpha value is -0.540. The first kappa shape index (κ1) is 21.8. The summed E-state index contributed by atoms with van der Waals surface area (Å²) in [6.07, 6.45) is 1.75. The maximum absolute atomic E-state index is 5.89. The Morgan fingerprint density at radius 3 is 1.60 bits per heavy atom. The Labute approximate surface area is 134 Å². The van der Waals surface area contributed by atoms with E-state index >= 15 is 0 Å². The van der Waals surface area contributed by atoms with Crippen molar-refractivity contribution in [2.24, 2.45) is 0 Å². The van der Waals surface area contributed by atoms with Gasteiger partial charge in [0.05, 0.1) is 10.0 Å². The lowest BCUT2D eigenvalue weighted by Gasteiger charge is -2.02. The van der Waals surface area contributed by atoms with E-state index in [2.05, 4.69) is 23.3 Å². The lowest BCUT2D eigenvalue weighted by Crippen LogP contribution is -2.07. The van der Waals surface area contributed by atoms with Crippen LogP contribution in [0.1, 0.15) is 31.9 Å². The number of methoxy groups -OCH3 is 1. The Bertz CT molecular complexity index is 350. The van der Waals surface area contributed by atoms with Crippen LogP contribution < -0.4 is 0 Å². The minimum absolute atomic E-state index is 0.658. The van der Waals surface area contributed by atoms with E-state index in [9.17, 15) is 0 Å². The summed E-state index contributed by atoms with van der Waals surface area (Å²) < 4.78 is 4.25. The molecule has 0 fully saturated rings. The third-order valence-electron chi connectivity index (χ3n) is 2.12. The zero-order chi connectivity index (χ0) is 16.1. The van der Waals surface area contributed by atoms with Crippen LogP contribution in [-0.2, 0) is 17.8 Å². The molecule has 0 aromatic heterocycles. The molecule has 0 aliphatic carbocycles. The van der Waals surface area contributed by atoms with Gasteiger partial charge in [-0.2, -0.15) is 0 Å². The number of allylic oxidation sites excluding steroid dienone is 1. The second kappa shape index (κ2) is 13.4. The minimum Gasteiger partial charge on any atom is -0.388 e. The summed E-state index contributed by atoms with van der Waals surface area (Å²) in [5.41, 5.74) is 2.60. The van der Waals surface area contributed by atoms with Crippen molar-refractivity contribution in [2.45, 2.75) is 33.9 Å². The molecular weight excluding hydrogens is 293 g/mol. The van der Waals surface area contributed by atoms with Crippen molar-refractivity contribution in [2.75, 3.05) is 21.3 Å². The van der Waals surface area contributed by atoms with Gasteiger partial charge in [-0.05, 0) is 37.2 Å². The fourth-order valence-corrected chi connectivity index (χ4v) is 1.93. The lowest BCUT2D eigenvalue weighted by atomic mass is 10.1. The predicted octanol–water partition coefficient (Wildman–Crippen LogP) is 5.42. The summed E-state index contributed by atoms with van der Waals surface area (Å²) in [7, 11) is 5.34. The fraction of sp³-hybridized carbons (Fsp3) is 0.500. The highest BCUT2D eigenvalue weighted by Gasteiger charge is 2.16. The van der Waals surface area contributed by atoms with E-state index in [0.29, 0.717) is 10.0 Å². The van der Waals surface area contributed by atoms with Crippen molar-refractivity contribution >= 4 is 23.2 Å². The second-order valence-electron chi connectivity index (χ2n) is 4.02. The average Bonchev–Trinajstić information content (AvgIpc) is 2.74. The first-order valence-corrected chi connectivity index (χ1v) is 7.38. The van der Waals surface area contributed by atoms with Gasteiger partial charge in [0.15, 0.2) is 0 Å². The fourth-order valence-electron chi connectivity index (χ4n) is 1.56. The topological polar surface area (TPSA) is 12.5 Å². The smallest absolute Gasteiger partial charge is 0.0595 e. The Morgan fingerprint density at radius 2 is 1.35 bits per heavy atom. The van der Waals surface area contributed by atoms with Gasteiger partial charge in [-0.3, -0.25) is 4.90 Å². The summed E-state index contributed by atoms with van der Waals surface area (Å²) in [5, 5.41) is 1.32. The van der Waals surface area contributed by atoms with Crippen molar-refractivity contribution in [1.29, 1.82) is 0 Å². The lowest BCUT2D eigenvalue weighted by molar-refractivity contribution is 0.277. The minimum atomic E-state index is 0.658. The molecule has 116 valence electrons. The molecule has 2 nitrogen and oxygen atoms in total. The normalized spacial score (nSPS) is 11.8. The quantitative estimate of drug-likeness (QED) is 0.592. The van der Waals surface area contributed by atoms with E-state index in [0.717, 1.165) is 13.1 Å². The number of fused-ring (bicyclic) bond motifs is 1. The first-order chi connectivity index (χ1) is 9.49. The average molecular weight is 320 g/mol. The van der Waals surface area contributed by atoms with Gasteiger partial charge in [0, 0.05) is 27.3 Å². The summed E-state index contributed by atoms with van der Waals surface area (Å²) in [5.74, 6) is 0. The molecule has 0 bridgehead atoms. The summed E-state index contributed by atoms with van der Waals surface area (Å²) in [4.78, 5) is 2.23. The SMILES string of the molecule is C=CC.CC.CN1Cc2cc(Cl)c(Cl)cc2C1.COC. The molecule has 0 spiro atoms. The van der Waals surface area contributed by atoms with E-state index in [1.807, 2.05) is 32.9 Å². The van der Waals surface area contributed by atoms with Gasteiger partial charge >= 0.3 is 0 Å². The molecular formula is C16H27Cl2NO. The standard InChI is InChI=1S/C9H9Cl2N.C3H6.C2H6O.C2H6/c1-12-4-6-2-8(10)9(11)3-7(6)5-12;2*1-3-2;1-2/h2-3H,4-5H2,1H3;3H,1H2,2H3;1-2H3;1-2H3. The van der Waals surface area contributed by atoms with Crippen LogP contribution in [-0.4, -0.2) is 26.2 Å². The summed E-state index contributed by atoms with van der Waals surface area (Å²) in [6, 6.07) is 3.92. The van der Waals surface area contributed by atoms with E-state index in [1.54, 1.807) is 20.3 Å². The molecule has 0 amide bonds. The summed E-state index contributed by atoms with van der Waals surface area (Å²) >= 11 is 11.8. The second-order valence-corrected chi connectivity index (χ2v) is 4.84. The molecule has 20 heavy (non-hydrogen) atoms. The van der Waals surface area contributed by atoms with Crippen LogP contribution in [0.2, 0.25) is 10.0 Å². The Balaban J connectivity index is 0. The zero-order valence-corrected chi connectivity index (χ0v) is 15.0. The van der Waals surface area contributed by atoms with Crippen LogP contribution in [0.3, 0.4) is 0 Å². The van der Waals surface area contributed by atoms with Crippen molar-refractivity contribution in [1.82, 2.24) is 4.90 Å². The number of ether oxygens (including phenoxy) is 1. The molecule has 1 aromatic carbocycles. The van der Waals surface area contributed by atoms with Crippen LogP contribution in [0.5, 0.6) is 0 Å². The maximum Gasteiger partial charge on any atom is 0.0595 e. The Morgan fingerprint density at radius 1 is 1.10 bits per heavy atom. The van der Waals surface area contributed by atoms with Gasteiger partial charge in [-0.25, -0.2) is 0 Å². The van der Waals surface area contributed by atoms with Gasteiger partial charge in [0.1, 0.15) is 0 Å². The number of hydrogen-bond donors (Lipinski definition) is 0. The van der Waals surface area contributed by atoms with Crippen LogP contribution >= 0.6 is 23.2 Å². The number of benzene rings is 1. The summed E-state index contributed by atoms with van der Waals surface area (Å²) in [6.45, 7) is 11.2. The van der Waals surface area contributed by atoms with Gasteiger partial charge < -0.3 is 4.74 Å². The third-order valence-corrected chi connectivity index (χ3v) is 2.85. The first-order valence-electron chi connectivity index (χ1n) is 6.62. The van der Waals surface area contributed by atoms with Crippen LogP contribution in [0, 0.1) is 0 Å². The van der Waals surface area contributed by atoms with E-state index in [1.165, 1.54) is 11.1 Å². The van der Waals surface area contributed by atoms with Gasteiger partial charge in [-0.15, -0.1) is 6.58 Å². The molecule has 2 rings (SSSR count). The van der Waals surface area contributed by atoms with Crippen LogP contribution in [0.25, 0.3) is 0 Å². The van der Waals surface area contributed by atoms with Gasteiger partial charge in [0.25, 0.3) is 0 Å². The van der Waals surface area contributed by atoms with Crippen molar-refractivity contribution in [3.63, 3.8) is 0 Å². The molecule has 0 unspecified atom stereocenters. The van der Waals surface area contributed by atoms with Gasteiger partial charge in [-0.1, -0.05) is 43.1 Å². The van der Waals surface area contributed by atoms with E-state index < -0.39 is 0 Å². The largest absolute Gasteiger partial charge is 0.388 e. The van der Waals surface area contributed by atoms with Crippen molar-refractivity contribution < 1.29 is 4.74 Å². The number of nitrogens with zero attached hydrogens (tertiary/aromatic N) is 1. The number of hydrogen-bond acceptors (Lipinski definition) is 2. The van der Waals surface area contributed by atoms with Crippen molar-refractivity contribution in [3.8, 4) is 0 Å². The molecule has 0 radical (unpaired) electrons. The molecule has 1 heterocycles. The maximum atomic E-state index is 5.89. The molecule has 1 aromatic rings. The molecule has 0 N–H and O–H groups in total. The predicted molar refractivity (Wildman–Crippen MR) is 91.8 cm³/mol. The monoisotopic (exact) mass is 319 g/mol. The van der Waals surface area contributed by atoms with Crippen LogP contribution in [0.4, 0.5) is 0 Å². The number of rotatable bonds is 0. The van der Waals surface area contributed by atoms with E-state index in [4.69, 9.17) is 23.2 Å². The molecule has 0 atom stereocenters. The van der Waals surface area contributed by atoms with E-state index in [-0.39, 0.29) is 0 Å². The van der Waals surface area contributed by atoms with Gasteiger partial charge in [0.2, 0.25) is 0 Å². The molecule has 1 aliphatic heterocycles. The highest BCUT2D eigenvalue weighted by Crippen LogP contribution is 2.30. The molecule has 1 aliphatic rings. The zero-order valence-electron chi connectivity index (χ0n) is 13.5. The van der Waals surface area contributed by atoms with Crippen molar-refractivity contribution in [3.05, 3.63) is 46.0 Å². The number of halogens is 2. The molecule has 0 saturated heterocycles.